The summed E-state index contributed by atoms with van der Waals surface area (Å²) in [6.07, 6.45) is 3.84. The van der Waals surface area contributed by atoms with Crippen molar-refractivity contribution in [2.75, 3.05) is 13.2 Å². The molecule has 0 radical (unpaired) electrons. The van der Waals surface area contributed by atoms with E-state index in [1.165, 1.54) is 0 Å². The van der Waals surface area contributed by atoms with Crippen LogP contribution in [0.25, 0.3) is 0 Å². The Bertz CT molecular complexity index is 567. The van der Waals surface area contributed by atoms with Crippen LogP contribution in [-0.2, 0) is 10.8 Å². The first kappa shape index (κ1) is 13.4. The third-order valence-electron chi connectivity index (χ3n) is 3.89. The van der Waals surface area contributed by atoms with Gasteiger partial charge in [0, 0.05) is 11.0 Å². The molecule has 1 aliphatic heterocycles. The van der Waals surface area contributed by atoms with Crippen molar-refractivity contribution >= 4 is 10.8 Å². The van der Waals surface area contributed by atoms with Gasteiger partial charge in [0.1, 0.15) is 13.2 Å². The summed E-state index contributed by atoms with van der Waals surface area (Å²) in [6, 6.07) is 7.75. The van der Waals surface area contributed by atoms with E-state index < -0.39 is 10.8 Å². The molecule has 0 bridgehead atoms. The third-order valence-corrected chi connectivity index (χ3v) is 5.72. The minimum absolute atomic E-state index is 0.0590. The van der Waals surface area contributed by atoms with Gasteiger partial charge in [-0.05, 0) is 25.0 Å². The Morgan fingerprint density at radius 2 is 1.90 bits per heavy atom. The van der Waals surface area contributed by atoms with Crippen molar-refractivity contribution in [2.45, 2.75) is 35.8 Å². The fraction of sp³-hybridized carbons (Fsp3) is 0.533. The zero-order valence-electron chi connectivity index (χ0n) is 11.2. The molecule has 1 heterocycles. The van der Waals surface area contributed by atoms with Crippen molar-refractivity contribution in [3.05, 3.63) is 18.2 Å². The topological polar surface area (TPSA) is 59.3 Å². The van der Waals surface area contributed by atoms with E-state index in [1.54, 1.807) is 6.07 Å². The van der Waals surface area contributed by atoms with Crippen LogP contribution < -0.4 is 9.47 Å². The van der Waals surface area contributed by atoms with Gasteiger partial charge < -0.3 is 9.47 Å². The first-order chi connectivity index (χ1) is 9.79. The highest BCUT2D eigenvalue weighted by molar-refractivity contribution is 7.85. The van der Waals surface area contributed by atoms with Crippen LogP contribution in [0.4, 0.5) is 0 Å². The summed E-state index contributed by atoms with van der Waals surface area (Å²) in [5.74, 6) is 1.27. The molecule has 3 unspecified atom stereocenters. The van der Waals surface area contributed by atoms with Crippen molar-refractivity contribution in [1.82, 2.24) is 0 Å². The standard InChI is InChI=1S/C15H17NO3S/c16-10-11-3-1-2-4-15(11)20(17)12-5-6-13-14(9-12)19-8-7-18-13/h5-6,9,11,15H,1-4,7-8H2. The lowest BCUT2D eigenvalue weighted by Crippen LogP contribution is -2.28. The minimum Gasteiger partial charge on any atom is -0.486 e. The van der Waals surface area contributed by atoms with E-state index in [-0.39, 0.29) is 11.2 Å². The molecule has 1 aliphatic carbocycles. The van der Waals surface area contributed by atoms with Crippen molar-refractivity contribution in [1.29, 1.82) is 5.26 Å². The summed E-state index contributed by atoms with van der Waals surface area (Å²) >= 11 is 0. The number of fused-ring (bicyclic) bond motifs is 1. The van der Waals surface area contributed by atoms with E-state index in [1.807, 2.05) is 12.1 Å². The quantitative estimate of drug-likeness (QED) is 0.840. The van der Waals surface area contributed by atoms with Gasteiger partial charge in [-0.3, -0.25) is 4.21 Å². The number of ether oxygens (including phenoxy) is 2. The van der Waals surface area contributed by atoms with Crippen LogP contribution in [0.15, 0.2) is 23.1 Å². The highest BCUT2D eigenvalue weighted by Crippen LogP contribution is 2.35. The smallest absolute Gasteiger partial charge is 0.162 e. The molecule has 3 rings (SSSR count). The maximum atomic E-state index is 12.7. The molecule has 4 nitrogen and oxygen atoms in total. The first-order valence-electron chi connectivity index (χ1n) is 6.99. The van der Waals surface area contributed by atoms with Gasteiger partial charge in [-0.1, -0.05) is 12.8 Å². The highest BCUT2D eigenvalue weighted by atomic mass is 32.2. The molecule has 106 valence electrons. The number of nitrogens with zero attached hydrogens (tertiary/aromatic N) is 1. The second kappa shape index (κ2) is 5.84. The van der Waals surface area contributed by atoms with Gasteiger partial charge in [-0.2, -0.15) is 5.26 Å². The Hall–Kier alpha value is -1.54. The van der Waals surface area contributed by atoms with E-state index in [2.05, 4.69) is 6.07 Å². The largest absolute Gasteiger partial charge is 0.486 e. The molecule has 20 heavy (non-hydrogen) atoms. The van der Waals surface area contributed by atoms with Crippen LogP contribution in [-0.4, -0.2) is 22.7 Å². The van der Waals surface area contributed by atoms with Crippen LogP contribution in [0.2, 0.25) is 0 Å². The Kier molecular flexibility index (Phi) is 3.93. The zero-order chi connectivity index (χ0) is 13.9. The van der Waals surface area contributed by atoms with Gasteiger partial charge >= 0.3 is 0 Å². The van der Waals surface area contributed by atoms with E-state index in [4.69, 9.17) is 9.47 Å². The molecular formula is C15H17NO3S. The third kappa shape index (κ3) is 2.53. The number of benzene rings is 1. The Morgan fingerprint density at radius 1 is 1.15 bits per heavy atom. The molecule has 0 N–H and O–H groups in total. The zero-order valence-corrected chi connectivity index (χ0v) is 12.0. The lowest BCUT2D eigenvalue weighted by molar-refractivity contribution is 0.171. The van der Waals surface area contributed by atoms with Crippen molar-refractivity contribution in [3.8, 4) is 17.6 Å². The van der Waals surface area contributed by atoms with E-state index in [9.17, 15) is 9.47 Å². The summed E-state index contributed by atoms with van der Waals surface area (Å²) < 4.78 is 23.7. The Labute approximate surface area is 121 Å². The maximum absolute atomic E-state index is 12.7. The Morgan fingerprint density at radius 3 is 2.70 bits per heavy atom. The van der Waals surface area contributed by atoms with Gasteiger partial charge in [0.2, 0.25) is 0 Å². The summed E-state index contributed by atoms with van der Waals surface area (Å²) in [6.45, 7) is 1.07. The summed E-state index contributed by atoms with van der Waals surface area (Å²) in [5, 5.41) is 9.16. The summed E-state index contributed by atoms with van der Waals surface area (Å²) in [5.41, 5.74) is 0. The van der Waals surface area contributed by atoms with E-state index in [0.29, 0.717) is 24.7 Å². The molecule has 1 aromatic rings. The normalized spacial score (nSPS) is 26.6. The molecule has 0 saturated heterocycles. The number of hydrogen-bond acceptors (Lipinski definition) is 4. The van der Waals surface area contributed by atoms with Crippen LogP contribution >= 0.6 is 0 Å². The highest BCUT2D eigenvalue weighted by Gasteiger charge is 2.31. The molecule has 1 saturated carbocycles. The second-order valence-corrected chi connectivity index (χ2v) is 6.83. The predicted molar refractivity (Wildman–Crippen MR) is 75.2 cm³/mol. The van der Waals surface area contributed by atoms with Crippen LogP contribution in [0.5, 0.6) is 11.5 Å². The average Bonchev–Trinajstić information content (AvgIpc) is 2.53. The van der Waals surface area contributed by atoms with Crippen LogP contribution in [0, 0.1) is 17.2 Å². The van der Waals surface area contributed by atoms with Gasteiger partial charge in [0.15, 0.2) is 11.5 Å². The lowest BCUT2D eigenvalue weighted by atomic mass is 9.90. The maximum Gasteiger partial charge on any atom is 0.162 e. The van der Waals surface area contributed by atoms with Gasteiger partial charge in [-0.25, -0.2) is 0 Å². The monoisotopic (exact) mass is 291 g/mol. The van der Waals surface area contributed by atoms with Crippen molar-refractivity contribution in [3.63, 3.8) is 0 Å². The SMILES string of the molecule is N#CC1CCCCC1S(=O)c1ccc2c(c1)OCCO2. The van der Waals surface area contributed by atoms with E-state index >= 15 is 0 Å². The number of nitriles is 1. The van der Waals surface area contributed by atoms with Crippen molar-refractivity contribution in [2.24, 2.45) is 5.92 Å². The molecule has 3 atom stereocenters. The predicted octanol–water partition coefficient (Wildman–Crippen LogP) is 2.65. The van der Waals surface area contributed by atoms with Crippen molar-refractivity contribution < 1.29 is 13.7 Å². The fourth-order valence-electron chi connectivity index (χ4n) is 2.82. The van der Waals surface area contributed by atoms with E-state index in [0.717, 1.165) is 30.6 Å². The lowest BCUT2D eigenvalue weighted by Gasteiger charge is -2.26. The second-order valence-electron chi connectivity index (χ2n) is 5.16. The molecular weight excluding hydrogens is 274 g/mol. The summed E-state index contributed by atoms with van der Waals surface area (Å²) in [4.78, 5) is 0.737. The number of rotatable bonds is 2. The van der Waals surface area contributed by atoms with Gasteiger partial charge in [-0.15, -0.1) is 0 Å². The molecule has 1 aromatic carbocycles. The van der Waals surface area contributed by atoms with Crippen LogP contribution in [0.3, 0.4) is 0 Å². The van der Waals surface area contributed by atoms with Gasteiger partial charge in [0.25, 0.3) is 0 Å². The number of hydrogen-bond donors (Lipinski definition) is 0. The Balaban J connectivity index is 1.85. The molecule has 0 spiro atoms. The molecule has 0 amide bonds. The molecule has 2 aliphatic rings. The molecule has 1 fully saturated rings. The molecule has 0 aromatic heterocycles. The van der Waals surface area contributed by atoms with Gasteiger partial charge in [0.05, 0.1) is 28.0 Å². The molecule has 5 heteroatoms. The summed E-state index contributed by atoms with van der Waals surface area (Å²) in [7, 11) is -1.16. The average molecular weight is 291 g/mol. The fourth-order valence-corrected chi connectivity index (χ4v) is 4.48. The van der Waals surface area contributed by atoms with Crippen LogP contribution in [0.1, 0.15) is 25.7 Å². The minimum atomic E-state index is -1.16. The first-order valence-corrected chi connectivity index (χ1v) is 8.21.